The van der Waals surface area contributed by atoms with Crippen LogP contribution in [0.4, 0.5) is 0 Å². The van der Waals surface area contributed by atoms with Gasteiger partial charge >= 0.3 is 0 Å². The Labute approximate surface area is 186 Å². The third kappa shape index (κ3) is 6.94. The first-order chi connectivity index (χ1) is 15.1. The van der Waals surface area contributed by atoms with Crippen molar-refractivity contribution in [2.75, 3.05) is 6.61 Å². The summed E-state index contributed by atoms with van der Waals surface area (Å²) in [4.78, 5) is 14.7. The van der Waals surface area contributed by atoms with E-state index < -0.39 is 0 Å². The number of hydrogen-bond donors (Lipinski definition) is 0. The van der Waals surface area contributed by atoms with Crippen molar-refractivity contribution in [3.05, 3.63) is 114 Å². The first-order valence-electron chi connectivity index (χ1n) is 10.8. The molecule has 0 saturated carbocycles. The highest BCUT2D eigenvalue weighted by atomic mass is 16.5. The van der Waals surface area contributed by atoms with E-state index >= 15 is 0 Å². The van der Waals surface area contributed by atoms with Gasteiger partial charge in [-0.1, -0.05) is 103 Å². The fourth-order valence-corrected chi connectivity index (χ4v) is 3.77. The van der Waals surface area contributed by atoms with Crippen molar-refractivity contribution < 1.29 is 9.53 Å². The summed E-state index contributed by atoms with van der Waals surface area (Å²) in [6.07, 6.45) is 4.95. The summed E-state index contributed by atoms with van der Waals surface area (Å²) in [6, 6.07) is 30.4. The number of nitrogens with zero attached hydrogens (tertiary/aromatic N) is 1. The minimum absolute atomic E-state index is 0.0294. The lowest BCUT2D eigenvalue weighted by Gasteiger charge is -2.35. The number of amides is 1. The molecule has 3 heteroatoms. The molecule has 0 aliphatic heterocycles. The Morgan fingerprint density at radius 1 is 0.903 bits per heavy atom. The standard InChI is InChI=1S/C28H31NO2/c1-23(27-16-10-5-11-17-27)29(24(2)30)28(19-18-25-12-6-3-7-13-25)20-21-31-22-26-14-8-4-9-15-26/h3-19,23,28H,20-22H2,1-2H3/b19-18+/t23-,28-/m1/s1. The molecule has 3 rings (SSSR count). The average Bonchev–Trinajstić information content (AvgIpc) is 2.81. The van der Waals surface area contributed by atoms with Crippen LogP contribution in [0.5, 0.6) is 0 Å². The van der Waals surface area contributed by atoms with Crippen molar-refractivity contribution in [3.63, 3.8) is 0 Å². The van der Waals surface area contributed by atoms with Gasteiger partial charge < -0.3 is 9.64 Å². The average molecular weight is 414 g/mol. The molecule has 0 fully saturated rings. The molecule has 0 radical (unpaired) electrons. The van der Waals surface area contributed by atoms with Crippen molar-refractivity contribution >= 4 is 12.0 Å². The van der Waals surface area contributed by atoms with E-state index in [4.69, 9.17) is 4.74 Å². The fourth-order valence-electron chi connectivity index (χ4n) is 3.77. The maximum Gasteiger partial charge on any atom is 0.220 e. The molecular weight excluding hydrogens is 382 g/mol. The van der Waals surface area contributed by atoms with E-state index in [0.717, 1.165) is 23.1 Å². The molecule has 0 aliphatic rings. The predicted molar refractivity (Wildman–Crippen MR) is 127 cm³/mol. The fraction of sp³-hybridized carbons (Fsp3) is 0.250. The Hall–Kier alpha value is -3.17. The van der Waals surface area contributed by atoms with Crippen LogP contribution in [0.2, 0.25) is 0 Å². The first kappa shape index (κ1) is 22.5. The highest BCUT2D eigenvalue weighted by Crippen LogP contribution is 2.25. The summed E-state index contributed by atoms with van der Waals surface area (Å²) >= 11 is 0. The summed E-state index contributed by atoms with van der Waals surface area (Å²) in [5.41, 5.74) is 3.40. The molecule has 0 saturated heterocycles. The normalized spacial score (nSPS) is 13.1. The summed E-state index contributed by atoms with van der Waals surface area (Å²) < 4.78 is 5.95. The van der Waals surface area contributed by atoms with Crippen LogP contribution in [0.3, 0.4) is 0 Å². The SMILES string of the molecule is CC(=O)N([C@H](/C=C/c1ccccc1)CCOCc1ccccc1)[C@H](C)c1ccccc1. The molecule has 2 atom stereocenters. The molecule has 31 heavy (non-hydrogen) atoms. The van der Waals surface area contributed by atoms with Gasteiger partial charge in [-0.3, -0.25) is 4.79 Å². The maximum atomic E-state index is 12.7. The van der Waals surface area contributed by atoms with Crippen LogP contribution in [0.1, 0.15) is 43.0 Å². The molecule has 0 N–H and O–H groups in total. The van der Waals surface area contributed by atoms with Gasteiger partial charge in [0.1, 0.15) is 0 Å². The number of benzene rings is 3. The van der Waals surface area contributed by atoms with Gasteiger partial charge in [0.05, 0.1) is 18.7 Å². The van der Waals surface area contributed by atoms with Crippen LogP contribution in [0.25, 0.3) is 6.08 Å². The lowest BCUT2D eigenvalue weighted by Crippen LogP contribution is -2.40. The molecule has 0 spiro atoms. The number of hydrogen-bond acceptors (Lipinski definition) is 2. The van der Waals surface area contributed by atoms with Crippen LogP contribution in [-0.4, -0.2) is 23.5 Å². The second kappa shape index (κ2) is 11.9. The lowest BCUT2D eigenvalue weighted by atomic mass is 10.0. The molecule has 3 nitrogen and oxygen atoms in total. The summed E-state index contributed by atoms with van der Waals surface area (Å²) in [7, 11) is 0. The summed E-state index contributed by atoms with van der Waals surface area (Å²) in [6.45, 7) is 4.88. The minimum Gasteiger partial charge on any atom is -0.377 e. The van der Waals surface area contributed by atoms with Crippen LogP contribution < -0.4 is 0 Å². The molecule has 3 aromatic rings. The smallest absolute Gasteiger partial charge is 0.220 e. The van der Waals surface area contributed by atoms with Crippen LogP contribution in [-0.2, 0) is 16.1 Å². The molecule has 1 amide bonds. The zero-order valence-electron chi connectivity index (χ0n) is 18.4. The van der Waals surface area contributed by atoms with E-state index in [2.05, 4.69) is 55.5 Å². The number of rotatable bonds is 10. The van der Waals surface area contributed by atoms with E-state index in [1.54, 1.807) is 6.92 Å². The Bertz CT molecular complexity index is 939. The van der Waals surface area contributed by atoms with E-state index in [1.165, 1.54) is 0 Å². The van der Waals surface area contributed by atoms with Crippen LogP contribution in [0.15, 0.2) is 97.1 Å². The third-order valence-corrected chi connectivity index (χ3v) is 5.40. The monoisotopic (exact) mass is 413 g/mol. The van der Waals surface area contributed by atoms with E-state index in [9.17, 15) is 4.79 Å². The largest absolute Gasteiger partial charge is 0.377 e. The van der Waals surface area contributed by atoms with E-state index in [1.807, 2.05) is 59.5 Å². The number of carbonyl (C=O) groups excluding carboxylic acids is 1. The molecule has 0 aromatic heterocycles. The van der Waals surface area contributed by atoms with Gasteiger partial charge in [-0.15, -0.1) is 0 Å². The van der Waals surface area contributed by atoms with Crippen LogP contribution in [0, 0.1) is 0 Å². The minimum atomic E-state index is -0.0660. The quantitative estimate of drug-likeness (QED) is 0.366. The van der Waals surface area contributed by atoms with Gasteiger partial charge in [0.15, 0.2) is 0 Å². The van der Waals surface area contributed by atoms with Gasteiger partial charge in [0.25, 0.3) is 0 Å². The molecule has 0 bridgehead atoms. The van der Waals surface area contributed by atoms with Crippen molar-refractivity contribution in [1.82, 2.24) is 4.90 Å². The zero-order valence-corrected chi connectivity index (χ0v) is 18.4. The van der Waals surface area contributed by atoms with Crippen molar-refractivity contribution in [3.8, 4) is 0 Å². The van der Waals surface area contributed by atoms with Crippen LogP contribution >= 0.6 is 0 Å². The number of carbonyl (C=O) groups is 1. The van der Waals surface area contributed by atoms with Gasteiger partial charge in [-0.25, -0.2) is 0 Å². The van der Waals surface area contributed by atoms with Crippen molar-refractivity contribution in [1.29, 1.82) is 0 Å². The Kier molecular flexibility index (Phi) is 8.62. The molecule has 3 aromatic carbocycles. The summed E-state index contributed by atoms with van der Waals surface area (Å²) in [5, 5.41) is 0. The van der Waals surface area contributed by atoms with Crippen molar-refractivity contribution in [2.45, 2.75) is 39.0 Å². The number of ether oxygens (including phenoxy) is 1. The molecular formula is C28H31NO2. The molecule has 0 unspecified atom stereocenters. The van der Waals surface area contributed by atoms with Gasteiger partial charge in [-0.05, 0) is 30.0 Å². The Balaban J connectivity index is 1.75. The van der Waals surface area contributed by atoms with E-state index in [-0.39, 0.29) is 18.0 Å². The highest BCUT2D eigenvalue weighted by Gasteiger charge is 2.25. The zero-order chi connectivity index (χ0) is 21.9. The Morgan fingerprint density at radius 3 is 2.10 bits per heavy atom. The maximum absolute atomic E-state index is 12.7. The van der Waals surface area contributed by atoms with Gasteiger partial charge in [0.2, 0.25) is 5.91 Å². The highest BCUT2D eigenvalue weighted by molar-refractivity contribution is 5.74. The Morgan fingerprint density at radius 2 is 1.48 bits per heavy atom. The van der Waals surface area contributed by atoms with Gasteiger partial charge in [-0.2, -0.15) is 0 Å². The molecule has 0 heterocycles. The second-order valence-electron chi connectivity index (χ2n) is 7.68. The second-order valence-corrected chi connectivity index (χ2v) is 7.68. The molecule has 160 valence electrons. The topological polar surface area (TPSA) is 29.5 Å². The van der Waals surface area contributed by atoms with Gasteiger partial charge in [0, 0.05) is 13.5 Å². The van der Waals surface area contributed by atoms with Crippen molar-refractivity contribution in [2.24, 2.45) is 0 Å². The van der Waals surface area contributed by atoms with E-state index in [0.29, 0.717) is 13.2 Å². The summed E-state index contributed by atoms with van der Waals surface area (Å²) in [5.74, 6) is 0.0575. The predicted octanol–water partition coefficient (Wildman–Crippen LogP) is 6.29. The lowest BCUT2D eigenvalue weighted by molar-refractivity contribution is -0.133. The third-order valence-electron chi connectivity index (χ3n) is 5.40. The first-order valence-corrected chi connectivity index (χ1v) is 10.8. The molecule has 0 aliphatic carbocycles.